The van der Waals surface area contributed by atoms with Crippen LogP contribution in [0.15, 0.2) is 30.3 Å². The molecule has 0 aliphatic heterocycles. The van der Waals surface area contributed by atoms with Gasteiger partial charge in [0.15, 0.2) is 5.78 Å². The molecule has 0 aliphatic carbocycles. The van der Waals surface area contributed by atoms with Crippen LogP contribution in [0.4, 0.5) is 0 Å². The second-order valence-corrected chi connectivity index (χ2v) is 6.12. The first kappa shape index (κ1) is 12.9. The summed E-state index contributed by atoms with van der Waals surface area (Å²) in [5.41, 5.74) is 1.25. The average molecular weight is 306 g/mol. The molecule has 2 rings (SSSR count). The molecule has 1 nitrogen and oxygen atoms in total. The standard InChI is InChI=1S/C12H7Cl3OS/c13-9-4-2-1-3-7(9)5-10(16)8-6-11(14)17-12(8)15/h1-4,6H,5H2. The molecular formula is C12H7Cl3OS. The minimum Gasteiger partial charge on any atom is -0.294 e. The van der Waals surface area contributed by atoms with Gasteiger partial charge in [0.2, 0.25) is 0 Å². The molecule has 0 radical (unpaired) electrons. The van der Waals surface area contributed by atoms with Crippen molar-refractivity contribution < 1.29 is 4.79 Å². The van der Waals surface area contributed by atoms with E-state index in [0.29, 0.717) is 19.3 Å². The summed E-state index contributed by atoms with van der Waals surface area (Å²) in [4.78, 5) is 12.0. The number of ketones is 1. The zero-order valence-electron chi connectivity index (χ0n) is 8.54. The summed E-state index contributed by atoms with van der Waals surface area (Å²) in [6, 6.07) is 8.84. The summed E-state index contributed by atoms with van der Waals surface area (Å²) >= 11 is 18.9. The van der Waals surface area contributed by atoms with Crippen molar-refractivity contribution in [2.45, 2.75) is 6.42 Å². The van der Waals surface area contributed by atoms with Crippen LogP contribution in [-0.4, -0.2) is 5.78 Å². The van der Waals surface area contributed by atoms with Crippen LogP contribution in [0.2, 0.25) is 13.7 Å². The molecule has 0 atom stereocenters. The summed E-state index contributed by atoms with van der Waals surface area (Å²) in [7, 11) is 0. The van der Waals surface area contributed by atoms with Gasteiger partial charge in [-0.25, -0.2) is 0 Å². The fourth-order valence-electron chi connectivity index (χ4n) is 1.44. The van der Waals surface area contributed by atoms with E-state index in [-0.39, 0.29) is 12.2 Å². The molecule has 0 saturated carbocycles. The molecule has 2 aromatic rings. The van der Waals surface area contributed by atoms with Crippen LogP contribution >= 0.6 is 46.1 Å². The van der Waals surface area contributed by atoms with Crippen LogP contribution < -0.4 is 0 Å². The molecule has 0 saturated heterocycles. The van der Waals surface area contributed by atoms with E-state index in [4.69, 9.17) is 34.8 Å². The molecule has 0 unspecified atom stereocenters. The number of hydrogen-bond acceptors (Lipinski definition) is 2. The fourth-order valence-corrected chi connectivity index (χ4v) is 3.14. The summed E-state index contributed by atoms with van der Waals surface area (Å²) in [6.07, 6.45) is 0.229. The Labute approximate surface area is 118 Å². The second kappa shape index (κ2) is 5.40. The number of thiophene rings is 1. The lowest BCUT2D eigenvalue weighted by atomic mass is 10.1. The van der Waals surface area contributed by atoms with Gasteiger partial charge in [-0.05, 0) is 17.7 Å². The maximum absolute atomic E-state index is 12.0. The second-order valence-electron chi connectivity index (χ2n) is 3.43. The first-order valence-corrected chi connectivity index (χ1v) is 6.74. The lowest BCUT2D eigenvalue weighted by Crippen LogP contribution is -2.03. The fraction of sp³-hybridized carbons (Fsp3) is 0.0833. The van der Waals surface area contributed by atoms with E-state index >= 15 is 0 Å². The highest BCUT2D eigenvalue weighted by atomic mass is 35.5. The topological polar surface area (TPSA) is 17.1 Å². The maximum atomic E-state index is 12.0. The number of hydrogen-bond donors (Lipinski definition) is 0. The van der Waals surface area contributed by atoms with Crippen molar-refractivity contribution in [3.63, 3.8) is 0 Å². The largest absolute Gasteiger partial charge is 0.294 e. The normalized spacial score (nSPS) is 10.5. The highest BCUT2D eigenvalue weighted by Gasteiger charge is 2.15. The molecule has 1 heterocycles. The van der Waals surface area contributed by atoms with Crippen molar-refractivity contribution in [3.05, 3.63) is 55.2 Å². The predicted octanol–water partition coefficient (Wildman–Crippen LogP) is 5.13. The zero-order chi connectivity index (χ0) is 12.4. The van der Waals surface area contributed by atoms with Gasteiger partial charge in [-0.3, -0.25) is 4.79 Å². The lowest BCUT2D eigenvalue weighted by Gasteiger charge is -2.02. The predicted molar refractivity (Wildman–Crippen MR) is 73.8 cm³/mol. The van der Waals surface area contributed by atoms with E-state index in [1.165, 1.54) is 11.3 Å². The molecule has 0 aliphatic rings. The quantitative estimate of drug-likeness (QED) is 0.718. The third kappa shape index (κ3) is 3.02. The van der Waals surface area contributed by atoms with Gasteiger partial charge >= 0.3 is 0 Å². The Morgan fingerprint density at radius 3 is 2.47 bits per heavy atom. The van der Waals surface area contributed by atoms with Gasteiger partial charge in [0.25, 0.3) is 0 Å². The first-order chi connectivity index (χ1) is 8.08. The third-order valence-corrected chi connectivity index (χ3v) is 4.12. The van der Waals surface area contributed by atoms with Gasteiger partial charge in [0.1, 0.15) is 4.34 Å². The van der Waals surface area contributed by atoms with Gasteiger partial charge < -0.3 is 0 Å². The molecule has 0 fully saturated rings. The molecule has 0 bridgehead atoms. The van der Waals surface area contributed by atoms with E-state index in [1.54, 1.807) is 12.1 Å². The Hall–Kier alpha value is -0.540. The minimum absolute atomic E-state index is 0.0775. The number of rotatable bonds is 3. The van der Waals surface area contributed by atoms with E-state index in [2.05, 4.69) is 0 Å². The van der Waals surface area contributed by atoms with Crippen molar-refractivity contribution in [2.24, 2.45) is 0 Å². The van der Waals surface area contributed by atoms with Crippen LogP contribution in [0, 0.1) is 0 Å². The third-order valence-electron chi connectivity index (χ3n) is 2.27. The van der Waals surface area contributed by atoms with Crippen molar-refractivity contribution in [2.75, 3.05) is 0 Å². The van der Waals surface area contributed by atoms with E-state index < -0.39 is 0 Å². The van der Waals surface area contributed by atoms with E-state index in [1.807, 2.05) is 18.2 Å². The summed E-state index contributed by atoms with van der Waals surface area (Å²) < 4.78 is 0.935. The number of halogens is 3. The number of benzene rings is 1. The van der Waals surface area contributed by atoms with Gasteiger partial charge in [-0.1, -0.05) is 53.0 Å². The number of carbonyl (C=O) groups excluding carboxylic acids is 1. The highest BCUT2D eigenvalue weighted by Crippen LogP contribution is 2.32. The molecular weight excluding hydrogens is 299 g/mol. The van der Waals surface area contributed by atoms with Gasteiger partial charge in [0, 0.05) is 17.0 Å². The van der Waals surface area contributed by atoms with Crippen LogP contribution in [-0.2, 0) is 6.42 Å². The molecule has 0 amide bonds. The Morgan fingerprint density at radius 2 is 1.88 bits per heavy atom. The maximum Gasteiger partial charge on any atom is 0.169 e. The van der Waals surface area contributed by atoms with Crippen LogP contribution in [0.25, 0.3) is 0 Å². The smallest absolute Gasteiger partial charge is 0.169 e. The summed E-state index contributed by atoms with van der Waals surface area (Å²) in [5, 5.41) is 0.582. The van der Waals surface area contributed by atoms with E-state index in [0.717, 1.165) is 5.56 Å². The van der Waals surface area contributed by atoms with Crippen molar-refractivity contribution in [1.29, 1.82) is 0 Å². The summed E-state index contributed by atoms with van der Waals surface area (Å²) in [5.74, 6) is -0.0775. The molecule has 88 valence electrons. The Bertz CT molecular complexity index is 563. The molecule has 0 N–H and O–H groups in total. The first-order valence-electron chi connectivity index (χ1n) is 4.79. The Kier molecular flexibility index (Phi) is 4.10. The molecule has 5 heteroatoms. The van der Waals surface area contributed by atoms with Gasteiger partial charge in [0.05, 0.1) is 4.34 Å². The SMILES string of the molecule is O=C(Cc1ccccc1Cl)c1cc(Cl)sc1Cl. The Balaban J connectivity index is 2.23. The zero-order valence-corrected chi connectivity index (χ0v) is 11.6. The van der Waals surface area contributed by atoms with Crippen molar-refractivity contribution in [1.82, 2.24) is 0 Å². The number of carbonyl (C=O) groups is 1. The van der Waals surface area contributed by atoms with E-state index in [9.17, 15) is 4.79 Å². The molecule has 1 aromatic heterocycles. The van der Waals surface area contributed by atoms with Crippen LogP contribution in [0.1, 0.15) is 15.9 Å². The van der Waals surface area contributed by atoms with Crippen LogP contribution in [0.5, 0.6) is 0 Å². The van der Waals surface area contributed by atoms with Gasteiger partial charge in [-0.15, -0.1) is 11.3 Å². The molecule has 0 spiro atoms. The van der Waals surface area contributed by atoms with Crippen LogP contribution in [0.3, 0.4) is 0 Å². The number of Topliss-reactive ketones (excluding diaryl/α,β-unsaturated/α-hetero) is 1. The monoisotopic (exact) mass is 304 g/mol. The molecule has 1 aromatic carbocycles. The lowest BCUT2D eigenvalue weighted by molar-refractivity contribution is 0.0993. The molecule has 17 heavy (non-hydrogen) atoms. The Morgan fingerprint density at radius 1 is 1.18 bits per heavy atom. The average Bonchev–Trinajstić information content (AvgIpc) is 2.61. The minimum atomic E-state index is -0.0775. The van der Waals surface area contributed by atoms with Crippen molar-refractivity contribution in [3.8, 4) is 0 Å². The van der Waals surface area contributed by atoms with Crippen molar-refractivity contribution >= 4 is 51.9 Å². The van der Waals surface area contributed by atoms with Gasteiger partial charge in [-0.2, -0.15) is 0 Å². The highest BCUT2D eigenvalue weighted by molar-refractivity contribution is 7.20. The summed E-state index contributed by atoms with van der Waals surface area (Å²) in [6.45, 7) is 0.